The molecule has 86 valence electrons. The fraction of sp³-hybridized carbons (Fsp3) is 0.400. The van der Waals surface area contributed by atoms with Gasteiger partial charge >= 0.3 is 0 Å². The van der Waals surface area contributed by atoms with E-state index in [0.717, 1.165) is 12.5 Å². The number of pyridine rings is 1. The van der Waals surface area contributed by atoms with Crippen LogP contribution in [0.2, 0.25) is 5.02 Å². The molecule has 0 spiro atoms. The summed E-state index contributed by atoms with van der Waals surface area (Å²) in [6.07, 6.45) is 1.99. The first kappa shape index (κ1) is 11.1. The lowest BCUT2D eigenvalue weighted by Crippen LogP contribution is -2.43. The number of nitrogens with zero attached hydrogens (tertiary/aromatic N) is 1. The van der Waals surface area contributed by atoms with Crippen LogP contribution < -0.4 is 10.1 Å². The van der Waals surface area contributed by atoms with Crippen LogP contribution in [0.4, 0.5) is 4.39 Å². The molecule has 0 aliphatic carbocycles. The van der Waals surface area contributed by atoms with Crippen LogP contribution in [-0.4, -0.2) is 23.5 Å². The number of halogens is 2. The summed E-state index contributed by atoms with van der Waals surface area (Å²) in [5.41, 5.74) is 0. The summed E-state index contributed by atoms with van der Waals surface area (Å²) < 4.78 is 18.5. The summed E-state index contributed by atoms with van der Waals surface area (Å²) in [4.78, 5) is 15.1. The molecule has 1 aliphatic heterocycles. The smallest absolute Gasteiger partial charge is 0.261 e. The lowest BCUT2D eigenvalue weighted by Gasteiger charge is -2.22. The van der Waals surface area contributed by atoms with Gasteiger partial charge in [-0.25, -0.2) is 9.37 Å². The second kappa shape index (κ2) is 4.65. The number of amides is 1. The molecule has 1 N–H and O–H groups in total. The number of hydrogen-bond acceptors (Lipinski definition) is 3. The number of carbonyl (C=O) groups excluding carboxylic acids is 1. The van der Waals surface area contributed by atoms with Crippen molar-refractivity contribution in [2.75, 3.05) is 6.54 Å². The van der Waals surface area contributed by atoms with Crippen molar-refractivity contribution in [3.05, 3.63) is 23.1 Å². The Morgan fingerprint density at radius 3 is 3.12 bits per heavy atom. The largest absolute Gasteiger partial charge is 0.462 e. The van der Waals surface area contributed by atoms with Crippen molar-refractivity contribution in [3.8, 4) is 5.88 Å². The van der Waals surface area contributed by atoms with Gasteiger partial charge in [-0.05, 0) is 18.9 Å². The zero-order valence-electron chi connectivity index (χ0n) is 8.37. The second-order valence-electron chi connectivity index (χ2n) is 3.48. The average molecular weight is 245 g/mol. The molecule has 1 amide bonds. The van der Waals surface area contributed by atoms with Gasteiger partial charge in [0.2, 0.25) is 0 Å². The lowest BCUT2D eigenvalue weighted by molar-refractivity contribution is -0.130. The van der Waals surface area contributed by atoms with E-state index in [1.807, 2.05) is 0 Å². The minimum atomic E-state index is -0.670. The Morgan fingerprint density at radius 2 is 2.44 bits per heavy atom. The van der Waals surface area contributed by atoms with Crippen LogP contribution in [0.15, 0.2) is 12.3 Å². The molecule has 1 aliphatic rings. The minimum absolute atomic E-state index is 0.188. The highest BCUT2D eigenvalue weighted by atomic mass is 35.5. The molecule has 1 fully saturated rings. The minimum Gasteiger partial charge on any atom is -0.462 e. The summed E-state index contributed by atoms with van der Waals surface area (Å²) in [7, 11) is 0. The number of aromatic nitrogens is 1. The summed E-state index contributed by atoms with van der Waals surface area (Å²) in [6, 6.07) is 1.10. The van der Waals surface area contributed by atoms with Crippen molar-refractivity contribution in [1.82, 2.24) is 10.3 Å². The fourth-order valence-electron chi connectivity index (χ4n) is 1.48. The molecule has 6 heteroatoms. The highest BCUT2D eigenvalue weighted by Gasteiger charge is 2.25. The molecule has 0 saturated carbocycles. The zero-order valence-corrected chi connectivity index (χ0v) is 9.13. The normalized spacial score (nSPS) is 20.4. The van der Waals surface area contributed by atoms with E-state index < -0.39 is 11.9 Å². The van der Waals surface area contributed by atoms with Crippen molar-refractivity contribution in [1.29, 1.82) is 0 Å². The maximum Gasteiger partial charge on any atom is 0.261 e. The Labute approximate surface area is 96.8 Å². The fourth-order valence-corrected chi connectivity index (χ4v) is 1.62. The van der Waals surface area contributed by atoms with Crippen LogP contribution in [0, 0.1) is 5.82 Å². The molecule has 1 aromatic rings. The Kier molecular flexibility index (Phi) is 3.24. The van der Waals surface area contributed by atoms with Crippen LogP contribution in [0.25, 0.3) is 0 Å². The molecule has 0 bridgehead atoms. The van der Waals surface area contributed by atoms with Gasteiger partial charge in [0.05, 0.1) is 5.02 Å². The summed E-state index contributed by atoms with van der Waals surface area (Å²) in [5, 5.41) is 2.84. The molecular weight excluding hydrogens is 235 g/mol. The number of ether oxygens (including phenoxy) is 1. The van der Waals surface area contributed by atoms with Gasteiger partial charge in [0.1, 0.15) is 0 Å². The van der Waals surface area contributed by atoms with Crippen molar-refractivity contribution >= 4 is 17.5 Å². The van der Waals surface area contributed by atoms with Gasteiger partial charge in [-0.2, -0.15) is 0 Å². The predicted octanol–water partition coefficient (Wildman–Crippen LogP) is 1.53. The van der Waals surface area contributed by atoms with Gasteiger partial charge in [-0.1, -0.05) is 11.6 Å². The molecule has 2 heterocycles. The molecule has 1 aromatic heterocycles. The van der Waals surface area contributed by atoms with Crippen LogP contribution in [0.3, 0.4) is 0 Å². The molecule has 16 heavy (non-hydrogen) atoms. The standard InChI is InChI=1S/C10H10ClFN2O2/c11-6-4-7(12)10(14-5-6)16-8-2-1-3-13-9(8)15/h4-5,8H,1-3H2,(H,13,15). The van der Waals surface area contributed by atoms with Gasteiger partial charge in [0.25, 0.3) is 11.8 Å². The van der Waals surface area contributed by atoms with Crippen molar-refractivity contribution < 1.29 is 13.9 Å². The van der Waals surface area contributed by atoms with E-state index in [-0.39, 0.29) is 16.8 Å². The van der Waals surface area contributed by atoms with E-state index in [4.69, 9.17) is 16.3 Å². The molecule has 1 atom stereocenters. The first-order valence-electron chi connectivity index (χ1n) is 4.92. The molecule has 4 nitrogen and oxygen atoms in total. The summed E-state index contributed by atoms with van der Waals surface area (Å²) >= 11 is 5.55. The van der Waals surface area contributed by atoms with Crippen LogP contribution in [0.5, 0.6) is 5.88 Å². The molecule has 2 rings (SSSR count). The van der Waals surface area contributed by atoms with Crippen LogP contribution in [0.1, 0.15) is 12.8 Å². The zero-order chi connectivity index (χ0) is 11.5. The Bertz CT molecular complexity index is 414. The van der Waals surface area contributed by atoms with Crippen molar-refractivity contribution in [2.24, 2.45) is 0 Å². The Hall–Kier alpha value is -1.36. The van der Waals surface area contributed by atoms with Gasteiger partial charge in [0.15, 0.2) is 11.9 Å². The average Bonchev–Trinajstić information content (AvgIpc) is 2.25. The third-order valence-electron chi connectivity index (χ3n) is 2.26. The highest BCUT2D eigenvalue weighted by molar-refractivity contribution is 6.30. The number of hydrogen-bond donors (Lipinski definition) is 1. The molecule has 0 aromatic carbocycles. The van der Waals surface area contributed by atoms with Gasteiger partial charge < -0.3 is 10.1 Å². The topological polar surface area (TPSA) is 51.2 Å². The molecule has 0 radical (unpaired) electrons. The SMILES string of the molecule is O=C1NCCCC1Oc1ncc(Cl)cc1F. The number of piperidine rings is 1. The van der Waals surface area contributed by atoms with E-state index in [9.17, 15) is 9.18 Å². The lowest BCUT2D eigenvalue weighted by atomic mass is 10.1. The summed E-state index contributed by atoms with van der Waals surface area (Å²) in [5.74, 6) is -1.08. The first-order valence-corrected chi connectivity index (χ1v) is 5.30. The third kappa shape index (κ3) is 2.41. The number of rotatable bonds is 2. The van der Waals surface area contributed by atoms with E-state index in [1.165, 1.54) is 6.20 Å². The maximum atomic E-state index is 13.3. The molecular formula is C10H10ClFN2O2. The van der Waals surface area contributed by atoms with Gasteiger partial charge in [0, 0.05) is 12.7 Å². The third-order valence-corrected chi connectivity index (χ3v) is 2.47. The monoisotopic (exact) mass is 244 g/mol. The quantitative estimate of drug-likeness (QED) is 0.859. The Balaban J connectivity index is 2.10. The number of carbonyl (C=O) groups is 1. The van der Waals surface area contributed by atoms with Crippen molar-refractivity contribution in [2.45, 2.75) is 18.9 Å². The molecule has 1 unspecified atom stereocenters. The van der Waals surface area contributed by atoms with Gasteiger partial charge in [-0.15, -0.1) is 0 Å². The van der Waals surface area contributed by atoms with E-state index in [0.29, 0.717) is 13.0 Å². The maximum absolute atomic E-state index is 13.3. The first-order chi connectivity index (χ1) is 7.66. The predicted molar refractivity (Wildman–Crippen MR) is 55.9 cm³/mol. The molecule has 1 saturated heterocycles. The second-order valence-corrected chi connectivity index (χ2v) is 3.92. The summed E-state index contributed by atoms with van der Waals surface area (Å²) in [6.45, 7) is 0.634. The highest BCUT2D eigenvalue weighted by Crippen LogP contribution is 2.20. The Morgan fingerprint density at radius 1 is 1.62 bits per heavy atom. The number of nitrogens with one attached hydrogen (secondary N) is 1. The van der Waals surface area contributed by atoms with Crippen LogP contribution >= 0.6 is 11.6 Å². The van der Waals surface area contributed by atoms with Crippen molar-refractivity contribution in [3.63, 3.8) is 0 Å². The van der Waals surface area contributed by atoms with E-state index in [2.05, 4.69) is 10.3 Å². The van der Waals surface area contributed by atoms with E-state index in [1.54, 1.807) is 0 Å². The van der Waals surface area contributed by atoms with Gasteiger partial charge in [-0.3, -0.25) is 4.79 Å². The van der Waals surface area contributed by atoms with Crippen LogP contribution in [-0.2, 0) is 4.79 Å². The van der Waals surface area contributed by atoms with E-state index >= 15 is 0 Å².